The summed E-state index contributed by atoms with van der Waals surface area (Å²) in [4.78, 5) is 11.0. The zero-order valence-electron chi connectivity index (χ0n) is 16.4. The van der Waals surface area contributed by atoms with E-state index in [1.165, 1.54) is 0 Å². The highest BCUT2D eigenvalue weighted by Gasteiger charge is 2.00. The fraction of sp³-hybridized carbons (Fsp3) is 0.429. The van der Waals surface area contributed by atoms with Gasteiger partial charge in [-0.05, 0) is 42.9 Å². The average molecular weight is 370 g/mol. The van der Waals surface area contributed by atoms with Gasteiger partial charge in [0.15, 0.2) is 5.96 Å². The maximum Gasteiger partial charge on any atom is 0.188 e. The Kier molecular flexibility index (Phi) is 9.13. The van der Waals surface area contributed by atoms with E-state index >= 15 is 0 Å². The van der Waals surface area contributed by atoms with Gasteiger partial charge in [-0.3, -0.25) is 4.98 Å². The molecule has 0 amide bonds. The molecule has 6 nitrogen and oxygen atoms in total. The third-order valence-corrected chi connectivity index (χ3v) is 4.34. The summed E-state index contributed by atoms with van der Waals surface area (Å²) in [6.45, 7) is 9.33. The van der Waals surface area contributed by atoms with Crippen molar-refractivity contribution in [1.29, 1.82) is 0 Å². The van der Waals surface area contributed by atoms with Gasteiger partial charge in [0.05, 0.1) is 6.54 Å². The lowest BCUT2D eigenvalue weighted by Gasteiger charge is -2.18. The zero-order valence-corrected chi connectivity index (χ0v) is 16.4. The first-order chi connectivity index (χ1) is 13.2. The van der Waals surface area contributed by atoms with Gasteiger partial charge in [0.1, 0.15) is 12.4 Å². The van der Waals surface area contributed by atoms with Crippen molar-refractivity contribution < 1.29 is 4.74 Å². The van der Waals surface area contributed by atoms with E-state index in [0.717, 1.165) is 43.1 Å². The number of rotatable bonds is 11. The van der Waals surface area contributed by atoms with Crippen LogP contribution in [0.5, 0.6) is 5.75 Å². The second-order valence-electron chi connectivity index (χ2n) is 6.22. The number of hydrogen-bond donors (Lipinski definition) is 2. The minimum absolute atomic E-state index is 0.450. The number of benzene rings is 1. The first kappa shape index (κ1) is 20.7. The van der Waals surface area contributed by atoms with E-state index < -0.39 is 0 Å². The lowest BCUT2D eigenvalue weighted by atomic mass is 10.2. The van der Waals surface area contributed by atoms with Crippen LogP contribution < -0.4 is 15.8 Å². The molecule has 0 fully saturated rings. The van der Waals surface area contributed by atoms with Crippen LogP contribution in [0.25, 0.3) is 0 Å². The number of likely N-dealkylation sites (N-methyl/N-ethyl adjacent to an activating group) is 1. The van der Waals surface area contributed by atoms with Crippen molar-refractivity contribution in [3.63, 3.8) is 0 Å². The molecule has 2 rings (SSSR count). The van der Waals surface area contributed by atoms with Gasteiger partial charge in [0.25, 0.3) is 0 Å². The van der Waals surface area contributed by atoms with E-state index in [4.69, 9.17) is 10.5 Å². The van der Waals surface area contributed by atoms with Crippen LogP contribution in [0.3, 0.4) is 0 Å². The Hall–Kier alpha value is -2.60. The van der Waals surface area contributed by atoms with Crippen LogP contribution in [0.4, 0.5) is 0 Å². The lowest BCUT2D eigenvalue weighted by molar-refractivity contribution is 0.223. The number of nitrogens with one attached hydrogen (secondary N) is 1. The van der Waals surface area contributed by atoms with E-state index in [-0.39, 0.29) is 0 Å². The summed E-state index contributed by atoms with van der Waals surface area (Å²) < 4.78 is 5.80. The maximum atomic E-state index is 5.93. The minimum Gasteiger partial charge on any atom is -0.492 e. The van der Waals surface area contributed by atoms with Crippen molar-refractivity contribution in [3.8, 4) is 5.75 Å². The van der Waals surface area contributed by atoms with Gasteiger partial charge in [-0.15, -0.1) is 0 Å². The Morgan fingerprint density at radius 2 is 1.93 bits per heavy atom. The molecule has 6 heteroatoms. The van der Waals surface area contributed by atoms with Gasteiger partial charge >= 0.3 is 0 Å². The predicted molar refractivity (Wildman–Crippen MR) is 111 cm³/mol. The predicted octanol–water partition coefficient (Wildman–Crippen LogP) is 2.45. The second-order valence-corrected chi connectivity index (χ2v) is 6.22. The molecule has 0 saturated heterocycles. The lowest BCUT2D eigenvalue weighted by Crippen LogP contribution is -2.33. The molecule has 0 saturated carbocycles. The summed E-state index contributed by atoms with van der Waals surface area (Å²) >= 11 is 0. The Balaban J connectivity index is 1.69. The van der Waals surface area contributed by atoms with Gasteiger partial charge < -0.3 is 20.7 Å². The van der Waals surface area contributed by atoms with Gasteiger partial charge in [0, 0.05) is 31.4 Å². The summed E-state index contributed by atoms with van der Waals surface area (Å²) in [5, 5.41) is 3.12. The van der Waals surface area contributed by atoms with E-state index in [1.807, 2.05) is 42.5 Å². The van der Waals surface area contributed by atoms with Crippen LogP contribution >= 0.6 is 0 Å². The Morgan fingerprint density at radius 3 is 2.59 bits per heavy atom. The standard InChI is InChI=1S/C21H31N5O/c1-3-26(4-2)15-16-27-20-10-8-18(9-11-20)17-25-21(22)24-14-12-19-7-5-6-13-23-19/h5-11,13H,3-4,12,14-17H2,1-2H3,(H3,22,24,25). The van der Waals surface area contributed by atoms with E-state index in [0.29, 0.717) is 25.7 Å². The molecule has 1 aromatic carbocycles. The normalized spacial score (nSPS) is 11.6. The molecule has 0 aliphatic heterocycles. The van der Waals surface area contributed by atoms with Gasteiger partial charge in [-0.2, -0.15) is 0 Å². The number of pyridine rings is 1. The van der Waals surface area contributed by atoms with Crippen LogP contribution in [0.1, 0.15) is 25.1 Å². The molecule has 3 N–H and O–H groups in total. The third-order valence-electron chi connectivity index (χ3n) is 4.34. The van der Waals surface area contributed by atoms with Crippen LogP contribution in [-0.2, 0) is 13.0 Å². The smallest absolute Gasteiger partial charge is 0.188 e. The van der Waals surface area contributed by atoms with Crippen molar-refractivity contribution in [2.75, 3.05) is 32.8 Å². The van der Waals surface area contributed by atoms with Gasteiger partial charge in [0.2, 0.25) is 0 Å². The van der Waals surface area contributed by atoms with Gasteiger partial charge in [-0.1, -0.05) is 32.0 Å². The van der Waals surface area contributed by atoms with Crippen molar-refractivity contribution >= 4 is 5.96 Å². The quantitative estimate of drug-likeness (QED) is 0.470. The maximum absolute atomic E-state index is 5.93. The summed E-state index contributed by atoms with van der Waals surface area (Å²) in [7, 11) is 0. The zero-order chi connectivity index (χ0) is 19.3. The molecule has 0 bridgehead atoms. The van der Waals surface area contributed by atoms with Gasteiger partial charge in [-0.25, -0.2) is 4.99 Å². The van der Waals surface area contributed by atoms with Crippen LogP contribution in [0, 0.1) is 0 Å². The Morgan fingerprint density at radius 1 is 1.15 bits per heavy atom. The molecular formula is C21H31N5O. The third kappa shape index (κ3) is 8.09. The molecule has 0 aliphatic carbocycles. The number of aromatic nitrogens is 1. The highest BCUT2D eigenvalue weighted by atomic mass is 16.5. The largest absolute Gasteiger partial charge is 0.492 e. The molecule has 1 heterocycles. The molecule has 0 atom stereocenters. The SMILES string of the molecule is CCN(CC)CCOc1ccc(CN=C(N)NCCc2ccccn2)cc1. The Bertz CT molecular complexity index is 669. The number of nitrogens with two attached hydrogens (primary N) is 1. The number of nitrogens with zero attached hydrogens (tertiary/aromatic N) is 3. The number of hydrogen-bond acceptors (Lipinski definition) is 4. The molecule has 0 unspecified atom stereocenters. The Labute approximate surface area is 162 Å². The van der Waals surface area contributed by atoms with Crippen LogP contribution in [0.15, 0.2) is 53.7 Å². The minimum atomic E-state index is 0.450. The molecule has 2 aromatic rings. The van der Waals surface area contributed by atoms with Crippen molar-refractivity contribution in [2.45, 2.75) is 26.8 Å². The summed E-state index contributed by atoms with van der Waals surface area (Å²) in [6.07, 6.45) is 2.61. The summed E-state index contributed by atoms with van der Waals surface area (Å²) in [5.74, 6) is 1.34. The monoisotopic (exact) mass is 369 g/mol. The number of ether oxygens (including phenoxy) is 1. The molecule has 0 spiro atoms. The van der Waals surface area contributed by atoms with E-state index in [2.05, 4.69) is 34.0 Å². The summed E-state index contributed by atoms with van der Waals surface area (Å²) in [5.41, 5.74) is 8.06. The molecule has 1 aromatic heterocycles. The highest BCUT2D eigenvalue weighted by Crippen LogP contribution is 2.12. The van der Waals surface area contributed by atoms with E-state index in [1.54, 1.807) is 6.20 Å². The fourth-order valence-corrected chi connectivity index (χ4v) is 2.62. The highest BCUT2D eigenvalue weighted by molar-refractivity contribution is 5.77. The topological polar surface area (TPSA) is 75.8 Å². The molecule has 0 aliphatic rings. The second kappa shape index (κ2) is 11.9. The van der Waals surface area contributed by atoms with E-state index in [9.17, 15) is 0 Å². The number of guanidine groups is 1. The number of aliphatic imine (C=N–C) groups is 1. The first-order valence-corrected chi connectivity index (χ1v) is 9.59. The van der Waals surface area contributed by atoms with Crippen molar-refractivity contribution in [1.82, 2.24) is 15.2 Å². The fourth-order valence-electron chi connectivity index (χ4n) is 2.62. The first-order valence-electron chi connectivity index (χ1n) is 9.59. The van der Waals surface area contributed by atoms with Crippen LogP contribution in [0.2, 0.25) is 0 Å². The average Bonchev–Trinajstić information content (AvgIpc) is 2.71. The molecule has 146 valence electrons. The summed E-state index contributed by atoms with van der Waals surface area (Å²) in [6, 6.07) is 13.9. The van der Waals surface area contributed by atoms with Crippen molar-refractivity contribution in [2.24, 2.45) is 10.7 Å². The van der Waals surface area contributed by atoms with Crippen LogP contribution in [-0.4, -0.2) is 48.6 Å². The van der Waals surface area contributed by atoms with Crippen molar-refractivity contribution in [3.05, 3.63) is 59.9 Å². The molecule has 27 heavy (non-hydrogen) atoms. The molecular weight excluding hydrogens is 338 g/mol. The molecule has 0 radical (unpaired) electrons.